The lowest BCUT2D eigenvalue weighted by Gasteiger charge is -2.13. The molecule has 2 aromatic heterocycles. The molecule has 0 aliphatic heterocycles. The van der Waals surface area contributed by atoms with E-state index in [1.807, 2.05) is 24.5 Å². The molecule has 156 valence electrons. The summed E-state index contributed by atoms with van der Waals surface area (Å²) in [5.41, 5.74) is -1.12. The van der Waals surface area contributed by atoms with Crippen molar-refractivity contribution in [3.05, 3.63) is 96.6 Å². The van der Waals surface area contributed by atoms with Gasteiger partial charge in [0.05, 0.1) is 11.1 Å². The number of nitrogens with zero attached hydrogens (tertiary/aromatic N) is 3. The van der Waals surface area contributed by atoms with Gasteiger partial charge in [0.1, 0.15) is 17.9 Å². The molecule has 0 aliphatic carbocycles. The van der Waals surface area contributed by atoms with Crippen molar-refractivity contribution in [1.29, 1.82) is 0 Å². The number of halogens is 3. The number of carbonyl (C=O) groups is 1. The van der Waals surface area contributed by atoms with Gasteiger partial charge in [0.15, 0.2) is 0 Å². The maximum atomic E-state index is 13.1. The Balaban J connectivity index is 1.46. The Kier molecular flexibility index (Phi) is 5.40. The second kappa shape index (κ2) is 8.31. The van der Waals surface area contributed by atoms with Crippen molar-refractivity contribution in [2.75, 3.05) is 5.32 Å². The first-order chi connectivity index (χ1) is 14.9. The smallest absolute Gasteiger partial charge is 0.417 e. The molecular formula is C22H15F3N4O2. The Hall–Kier alpha value is -4.14. The Morgan fingerprint density at radius 1 is 0.935 bits per heavy atom. The van der Waals surface area contributed by atoms with Crippen molar-refractivity contribution in [2.45, 2.75) is 6.18 Å². The summed E-state index contributed by atoms with van der Waals surface area (Å²) < 4.78 is 46.8. The second-order valence-corrected chi connectivity index (χ2v) is 6.43. The predicted octanol–water partition coefficient (Wildman–Crippen LogP) is 5.33. The molecular weight excluding hydrogens is 409 g/mol. The second-order valence-electron chi connectivity index (χ2n) is 6.43. The number of hydrogen-bond donors (Lipinski definition) is 1. The third-order valence-electron chi connectivity index (χ3n) is 4.31. The molecule has 9 heteroatoms. The number of ether oxygens (including phenoxy) is 1. The molecule has 0 aliphatic rings. The molecule has 0 saturated heterocycles. The normalized spacial score (nSPS) is 11.2. The molecule has 4 rings (SSSR count). The van der Waals surface area contributed by atoms with Crippen LogP contribution in [0.25, 0.3) is 5.82 Å². The summed E-state index contributed by atoms with van der Waals surface area (Å²) in [6.45, 7) is 0. The van der Waals surface area contributed by atoms with Crippen LogP contribution in [0.15, 0.2) is 85.5 Å². The maximum Gasteiger partial charge on any atom is 0.417 e. The molecule has 0 unspecified atom stereocenters. The molecule has 1 N–H and O–H groups in total. The molecule has 0 bridgehead atoms. The van der Waals surface area contributed by atoms with E-state index in [4.69, 9.17) is 4.74 Å². The zero-order valence-electron chi connectivity index (χ0n) is 15.9. The van der Waals surface area contributed by atoms with Crippen LogP contribution in [0.4, 0.5) is 18.9 Å². The summed E-state index contributed by atoms with van der Waals surface area (Å²) >= 11 is 0. The van der Waals surface area contributed by atoms with E-state index in [-0.39, 0.29) is 0 Å². The molecule has 4 aromatic rings. The molecule has 0 fully saturated rings. The van der Waals surface area contributed by atoms with E-state index < -0.39 is 23.2 Å². The minimum absolute atomic E-state index is 0.314. The van der Waals surface area contributed by atoms with Crippen LogP contribution in [-0.2, 0) is 6.18 Å². The number of aromatic nitrogens is 3. The largest absolute Gasteiger partial charge is 0.439 e. The monoisotopic (exact) mass is 424 g/mol. The number of hydrogen-bond acceptors (Lipinski definition) is 4. The molecule has 2 heterocycles. The lowest BCUT2D eigenvalue weighted by atomic mass is 10.1. The van der Waals surface area contributed by atoms with Gasteiger partial charge in [-0.15, -0.1) is 0 Å². The van der Waals surface area contributed by atoms with E-state index in [1.165, 1.54) is 30.6 Å². The molecule has 6 nitrogen and oxygen atoms in total. The van der Waals surface area contributed by atoms with Crippen LogP contribution in [0.3, 0.4) is 0 Å². The third-order valence-corrected chi connectivity index (χ3v) is 4.31. The van der Waals surface area contributed by atoms with Crippen LogP contribution in [0, 0.1) is 0 Å². The van der Waals surface area contributed by atoms with Crippen LogP contribution in [-0.4, -0.2) is 20.4 Å². The molecule has 0 radical (unpaired) electrons. The van der Waals surface area contributed by atoms with Gasteiger partial charge in [0.2, 0.25) is 5.88 Å². The average molecular weight is 424 g/mol. The van der Waals surface area contributed by atoms with E-state index in [1.54, 1.807) is 22.8 Å². The Morgan fingerprint density at radius 3 is 2.35 bits per heavy atom. The van der Waals surface area contributed by atoms with Crippen LogP contribution in [0.2, 0.25) is 0 Å². The molecule has 0 spiro atoms. The lowest BCUT2D eigenvalue weighted by molar-refractivity contribution is -0.137. The van der Waals surface area contributed by atoms with Crippen LogP contribution in [0.1, 0.15) is 15.9 Å². The summed E-state index contributed by atoms with van der Waals surface area (Å²) in [5.74, 6) is 0.524. The van der Waals surface area contributed by atoms with Gasteiger partial charge in [-0.25, -0.2) is 9.97 Å². The lowest BCUT2D eigenvalue weighted by Crippen LogP contribution is -2.18. The first kappa shape index (κ1) is 20.1. The number of rotatable bonds is 5. The highest BCUT2D eigenvalue weighted by atomic mass is 19.4. The first-order valence-corrected chi connectivity index (χ1v) is 9.11. The van der Waals surface area contributed by atoms with Crippen molar-refractivity contribution in [1.82, 2.24) is 14.5 Å². The van der Waals surface area contributed by atoms with Gasteiger partial charge in [0.25, 0.3) is 5.91 Å². The van der Waals surface area contributed by atoms with Crippen molar-refractivity contribution in [2.24, 2.45) is 0 Å². The number of anilines is 1. The van der Waals surface area contributed by atoms with E-state index >= 15 is 0 Å². The third kappa shape index (κ3) is 4.72. The van der Waals surface area contributed by atoms with Gasteiger partial charge in [-0.3, -0.25) is 4.79 Å². The Morgan fingerprint density at radius 2 is 1.65 bits per heavy atom. The van der Waals surface area contributed by atoms with Crippen molar-refractivity contribution in [3.8, 4) is 17.4 Å². The van der Waals surface area contributed by atoms with Gasteiger partial charge in [-0.05, 0) is 48.5 Å². The topological polar surface area (TPSA) is 69.0 Å². The highest BCUT2D eigenvalue weighted by Crippen LogP contribution is 2.32. The first-order valence-electron chi connectivity index (χ1n) is 9.11. The number of carbonyl (C=O) groups excluding carboxylic acids is 1. The van der Waals surface area contributed by atoms with Crippen molar-refractivity contribution < 1.29 is 22.7 Å². The zero-order chi connectivity index (χ0) is 21.8. The highest BCUT2D eigenvalue weighted by Gasteiger charge is 2.34. The summed E-state index contributed by atoms with van der Waals surface area (Å²) in [6, 6.07) is 16.2. The maximum absolute atomic E-state index is 13.1. The van der Waals surface area contributed by atoms with Crippen LogP contribution >= 0.6 is 0 Å². The van der Waals surface area contributed by atoms with Gasteiger partial charge in [-0.2, -0.15) is 13.2 Å². The molecule has 2 aromatic carbocycles. The summed E-state index contributed by atoms with van der Waals surface area (Å²) in [6.07, 6.45) is 0.418. The van der Waals surface area contributed by atoms with Gasteiger partial charge in [-0.1, -0.05) is 12.1 Å². The highest BCUT2D eigenvalue weighted by molar-refractivity contribution is 6.05. The summed E-state index contributed by atoms with van der Waals surface area (Å²) in [4.78, 5) is 20.6. The fourth-order valence-corrected chi connectivity index (χ4v) is 2.87. The molecule has 31 heavy (non-hydrogen) atoms. The number of benzene rings is 2. The fraction of sp³-hybridized carbons (Fsp3) is 0.0455. The SMILES string of the molecule is O=C(Nc1ccc(Oc2cc(-n3cccc3)ncn2)cc1)c1ccccc1C(F)(F)F. The zero-order valence-corrected chi connectivity index (χ0v) is 15.9. The number of amides is 1. The Labute approximate surface area is 175 Å². The van der Waals surface area contributed by atoms with Crippen LogP contribution < -0.4 is 10.1 Å². The quantitative estimate of drug-likeness (QED) is 0.470. The average Bonchev–Trinajstić information content (AvgIpc) is 3.30. The Bertz CT molecular complexity index is 1190. The van der Waals surface area contributed by atoms with E-state index in [9.17, 15) is 18.0 Å². The van der Waals surface area contributed by atoms with Crippen LogP contribution in [0.5, 0.6) is 11.6 Å². The van der Waals surface area contributed by atoms with Gasteiger partial charge in [0, 0.05) is 24.1 Å². The van der Waals surface area contributed by atoms with Crippen molar-refractivity contribution >= 4 is 11.6 Å². The number of nitrogens with one attached hydrogen (secondary N) is 1. The van der Waals surface area contributed by atoms with E-state index in [0.717, 1.165) is 12.1 Å². The standard InChI is InChI=1S/C22H15F3N4O2/c23-22(24,25)18-6-2-1-5-17(18)21(30)28-15-7-9-16(10-8-15)31-20-13-19(26-14-27-20)29-11-3-4-12-29/h1-14H,(H,28,30). The minimum Gasteiger partial charge on any atom is -0.439 e. The fourth-order valence-electron chi connectivity index (χ4n) is 2.87. The van der Waals surface area contributed by atoms with Gasteiger partial charge >= 0.3 is 6.18 Å². The molecule has 0 atom stereocenters. The predicted molar refractivity (Wildman–Crippen MR) is 107 cm³/mol. The van der Waals surface area contributed by atoms with E-state index in [2.05, 4.69) is 15.3 Å². The minimum atomic E-state index is -4.62. The van der Waals surface area contributed by atoms with E-state index in [0.29, 0.717) is 23.1 Å². The molecule has 0 saturated carbocycles. The summed E-state index contributed by atoms with van der Waals surface area (Å²) in [7, 11) is 0. The summed E-state index contributed by atoms with van der Waals surface area (Å²) in [5, 5.41) is 2.47. The molecule has 1 amide bonds. The van der Waals surface area contributed by atoms with Gasteiger partial charge < -0.3 is 14.6 Å². The number of alkyl halides is 3. The van der Waals surface area contributed by atoms with Crippen molar-refractivity contribution in [3.63, 3.8) is 0 Å².